The fourth-order valence-corrected chi connectivity index (χ4v) is 6.74. The van der Waals surface area contributed by atoms with E-state index in [2.05, 4.69) is 25.6 Å². The van der Waals surface area contributed by atoms with Crippen LogP contribution >= 0.6 is 11.3 Å². The first-order valence-electron chi connectivity index (χ1n) is 14.4. The van der Waals surface area contributed by atoms with Crippen LogP contribution in [0.4, 0.5) is 29.6 Å². The second kappa shape index (κ2) is 13.3. The molecule has 46 heavy (non-hydrogen) atoms. The van der Waals surface area contributed by atoms with Gasteiger partial charge in [0.15, 0.2) is 5.75 Å². The number of rotatable bonds is 9. The number of hydrogen-bond acceptors (Lipinski definition) is 10. The standard InChI is InChI=1S/C30H33F3N6O5S2/c1-29(2,3)44-28(40)37-19-10-8-18(9-11-19)36-27-34-15-14-23(38-27)25-26(35-17-45-25)43-24-13-12-22(20-6-4-5-7-21(20)24)39-46(41,42)16-30(31,32)33/h4-7,12-15,17-19,39H,8-11,16H2,1-3H3,(H,37,40)(H,34,36,38)/t18-,19-. The molecule has 1 fully saturated rings. The van der Waals surface area contributed by atoms with Crippen molar-refractivity contribution in [3.05, 3.63) is 54.2 Å². The van der Waals surface area contributed by atoms with Crippen molar-refractivity contribution in [2.45, 2.75) is 70.3 Å². The lowest BCUT2D eigenvalue weighted by molar-refractivity contribution is -0.106. The first kappa shape index (κ1) is 33.2. The number of anilines is 2. The molecule has 2 heterocycles. The van der Waals surface area contributed by atoms with E-state index in [1.165, 1.54) is 23.5 Å². The molecule has 0 atom stereocenters. The number of amides is 1. The molecule has 1 aliphatic rings. The van der Waals surface area contributed by atoms with Crippen LogP contribution in [0.5, 0.6) is 11.6 Å². The molecular weight excluding hydrogens is 645 g/mol. The number of carbonyl (C=O) groups excluding carboxylic acids is 1. The Labute approximate surface area is 268 Å². The van der Waals surface area contributed by atoms with Gasteiger partial charge < -0.3 is 20.1 Å². The third-order valence-corrected chi connectivity index (χ3v) is 8.98. The molecule has 246 valence electrons. The summed E-state index contributed by atoms with van der Waals surface area (Å²) in [6, 6.07) is 11.3. The highest BCUT2D eigenvalue weighted by atomic mass is 32.2. The van der Waals surface area contributed by atoms with Gasteiger partial charge in [-0.2, -0.15) is 13.2 Å². The van der Waals surface area contributed by atoms with Gasteiger partial charge in [-0.1, -0.05) is 24.3 Å². The molecule has 2 aromatic heterocycles. The number of aromatic nitrogens is 3. The number of sulfonamides is 1. The molecule has 4 aromatic rings. The Balaban J connectivity index is 1.27. The zero-order valence-electron chi connectivity index (χ0n) is 25.2. The molecule has 2 aromatic carbocycles. The number of halogens is 3. The van der Waals surface area contributed by atoms with Gasteiger partial charge in [0.25, 0.3) is 0 Å². The molecule has 1 saturated carbocycles. The summed E-state index contributed by atoms with van der Waals surface area (Å²) in [6.07, 6.45) is -0.517. The number of alkyl halides is 3. The SMILES string of the molecule is CC(C)(C)OC(=O)N[C@H]1CC[C@H](Nc2nccc(-c3scnc3Oc3ccc(NS(=O)(=O)CC(F)(F)F)c4ccccc34)n2)CC1. The van der Waals surface area contributed by atoms with Crippen molar-refractivity contribution in [3.63, 3.8) is 0 Å². The van der Waals surface area contributed by atoms with Gasteiger partial charge in [0, 0.05) is 29.1 Å². The molecule has 1 amide bonds. The predicted octanol–water partition coefficient (Wildman–Crippen LogP) is 7.10. The topological polar surface area (TPSA) is 144 Å². The Morgan fingerprint density at radius 3 is 2.37 bits per heavy atom. The molecule has 0 radical (unpaired) electrons. The van der Waals surface area contributed by atoms with Gasteiger partial charge in [0.05, 0.1) is 16.9 Å². The van der Waals surface area contributed by atoms with E-state index < -0.39 is 33.6 Å². The molecule has 0 bridgehead atoms. The fraction of sp³-hybridized carbons (Fsp3) is 0.400. The van der Waals surface area contributed by atoms with Crippen molar-refractivity contribution < 1.29 is 35.9 Å². The molecule has 3 N–H and O–H groups in total. The van der Waals surface area contributed by atoms with E-state index in [0.717, 1.165) is 25.7 Å². The summed E-state index contributed by atoms with van der Waals surface area (Å²) in [5, 5.41) is 7.13. The predicted molar refractivity (Wildman–Crippen MR) is 170 cm³/mol. The van der Waals surface area contributed by atoms with Crippen LogP contribution in [0.25, 0.3) is 21.3 Å². The molecule has 5 rings (SSSR count). The average Bonchev–Trinajstić information content (AvgIpc) is 3.41. The van der Waals surface area contributed by atoms with Crippen LogP contribution in [0.1, 0.15) is 46.5 Å². The molecule has 0 spiro atoms. The highest BCUT2D eigenvalue weighted by molar-refractivity contribution is 7.92. The highest BCUT2D eigenvalue weighted by Crippen LogP contribution is 2.39. The number of alkyl carbamates (subject to hydrolysis) is 1. The molecule has 11 nitrogen and oxygen atoms in total. The van der Waals surface area contributed by atoms with E-state index in [4.69, 9.17) is 9.47 Å². The molecular formula is C30H33F3N6O5S2. The Bertz CT molecular complexity index is 1800. The number of ether oxygens (including phenoxy) is 2. The van der Waals surface area contributed by atoms with E-state index in [9.17, 15) is 26.4 Å². The van der Waals surface area contributed by atoms with Crippen LogP contribution in [0.15, 0.2) is 54.2 Å². The number of fused-ring (bicyclic) bond motifs is 1. The number of carbonyl (C=O) groups is 1. The van der Waals surface area contributed by atoms with Gasteiger partial charge in [-0.3, -0.25) is 4.72 Å². The molecule has 0 unspecified atom stereocenters. The Morgan fingerprint density at radius 2 is 1.67 bits per heavy atom. The minimum atomic E-state index is -4.89. The van der Waals surface area contributed by atoms with Gasteiger partial charge in [-0.15, -0.1) is 11.3 Å². The zero-order chi connectivity index (χ0) is 33.1. The van der Waals surface area contributed by atoms with Crippen molar-refractivity contribution in [1.82, 2.24) is 20.3 Å². The minimum Gasteiger partial charge on any atom is -0.444 e. The van der Waals surface area contributed by atoms with E-state index in [-0.39, 0.29) is 23.7 Å². The van der Waals surface area contributed by atoms with Crippen molar-refractivity contribution in [3.8, 4) is 22.2 Å². The summed E-state index contributed by atoms with van der Waals surface area (Å²) < 4.78 is 76.2. The molecule has 0 saturated heterocycles. The van der Waals surface area contributed by atoms with Crippen molar-refractivity contribution in [2.24, 2.45) is 0 Å². The second-order valence-electron chi connectivity index (χ2n) is 11.8. The first-order valence-corrected chi connectivity index (χ1v) is 17.0. The maximum absolute atomic E-state index is 12.8. The van der Waals surface area contributed by atoms with Gasteiger partial charge in [-0.25, -0.2) is 28.2 Å². The lowest BCUT2D eigenvalue weighted by atomic mass is 9.91. The lowest BCUT2D eigenvalue weighted by Crippen LogP contribution is -2.42. The highest BCUT2D eigenvalue weighted by Gasteiger charge is 2.35. The Morgan fingerprint density at radius 1 is 0.978 bits per heavy atom. The number of benzene rings is 2. The van der Waals surface area contributed by atoms with Crippen LogP contribution in [-0.2, 0) is 14.8 Å². The minimum absolute atomic E-state index is 0.00753. The van der Waals surface area contributed by atoms with E-state index >= 15 is 0 Å². The van der Waals surface area contributed by atoms with Gasteiger partial charge in [0.2, 0.25) is 21.9 Å². The quantitative estimate of drug-likeness (QED) is 0.169. The number of nitrogens with one attached hydrogen (secondary N) is 3. The lowest BCUT2D eigenvalue weighted by Gasteiger charge is -2.30. The summed E-state index contributed by atoms with van der Waals surface area (Å²) in [5.41, 5.74) is 1.60. The molecule has 1 aliphatic carbocycles. The monoisotopic (exact) mass is 678 g/mol. The van der Waals surface area contributed by atoms with Gasteiger partial charge in [0.1, 0.15) is 16.2 Å². The Hall–Kier alpha value is -4.18. The van der Waals surface area contributed by atoms with Crippen molar-refractivity contribution in [1.29, 1.82) is 0 Å². The van der Waals surface area contributed by atoms with Crippen molar-refractivity contribution in [2.75, 3.05) is 15.8 Å². The number of hydrogen-bond donors (Lipinski definition) is 3. The normalized spacial score (nSPS) is 17.3. The summed E-state index contributed by atoms with van der Waals surface area (Å²) >= 11 is 1.30. The summed E-state index contributed by atoms with van der Waals surface area (Å²) in [4.78, 5) is 26.1. The third kappa shape index (κ3) is 8.96. The number of thiazole rings is 1. The van der Waals surface area contributed by atoms with Crippen LogP contribution in [0, 0.1) is 0 Å². The maximum atomic E-state index is 12.8. The van der Waals surface area contributed by atoms with Crippen LogP contribution in [0.2, 0.25) is 0 Å². The van der Waals surface area contributed by atoms with Gasteiger partial charge >= 0.3 is 12.3 Å². The summed E-state index contributed by atoms with van der Waals surface area (Å²) in [6.45, 7) is 5.47. The molecule has 0 aliphatic heterocycles. The maximum Gasteiger partial charge on any atom is 0.407 e. The number of nitrogens with zero attached hydrogens (tertiary/aromatic N) is 3. The van der Waals surface area contributed by atoms with Crippen molar-refractivity contribution >= 4 is 49.9 Å². The largest absolute Gasteiger partial charge is 0.444 e. The van der Waals surface area contributed by atoms with Gasteiger partial charge in [-0.05, 0) is 64.7 Å². The first-order chi connectivity index (χ1) is 21.6. The second-order valence-corrected chi connectivity index (χ2v) is 14.4. The van der Waals surface area contributed by atoms with Crippen LogP contribution in [0.3, 0.4) is 0 Å². The van der Waals surface area contributed by atoms with E-state index in [1.807, 2.05) is 25.5 Å². The van der Waals surface area contributed by atoms with Crippen LogP contribution < -0.4 is 20.1 Å². The van der Waals surface area contributed by atoms with E-state index in [1.54, 1.807) is 42.0 Å². The zero-order valence-corrected chi connectivity index (χ0v) is 26.9. The van der Waals surface area contributed by atoms with E-state index in [0.29, 0.717) is 33.0 Å². The average molecular weight is 679 g/mol. The van der Waals surface area contributed by atoms with Crippen LogP contribution in [-0.4, -0.2) is 59.1 Å². The summed E-state index contributed by atoms with van der Waals surface area (Å²) in [5.74, 6) is -0.997. The molecule has 16 heteroatoms. The smallest absolute Gasteiger partial charge is 0.407 e. The third-order valence-electron chi connectivity index (χ3n) is 6.91. The Kier molecular flexibility index (Phi) is 9.58. The summed E-state index contributed by atoms with van der Waals surface area (Å²) in [7, 11) is -4.69. The fourth-order valence-electron chi connectivity index (χ4n) is 5.04.